The molecule has 0 fully saturated rings. The summed E-state index contributed by atoms with van der Waals surface area (Å²) in [5.41, 5.74) is 2.50. The molecular weight excluding hydrogens is 366 g/mol. The number of halogens is 1. The number of benzene rings is 1. The van der Waals surface area contributed by atoms with E-state index in [1.165, 1.54) is 16.2 Å². The number of thioether (sulfide) groups is 2. The van der Waals surface area contributed by atoms with E-state index in [2.05, 4.69) is 52.4 Å². The van der Waals surface area contributed by atoms with Crippen molar-refractivity contribution in [2.45, 2.75) is 29.1 Å². The van der Waals surface area contributed by atoms with Crippen molar-refractivity contribution in [3.8, 4) is 0 Å². The predicted molar refractivity (Wildman–Crippen MR) is 94.9 cm³/mol. The molecule has 1 N–H and O–H groups in total. The van der Waals surface area contributed by atoms with Crippen LogP contribution in [0.2, 0.25) is 0 Å². The van der Waals surface area contributed by atoms with Crippen LogP contribution >= 0.6 is 39.5 Å². The van der Waals surface area contributed by atoms with Crippen molar-refractivity contribution in [3.05, 3.63) is 45.8 Å². The average Bonchev–Trinajstić information content (AvgIpc) is 2.96. The molecule has 2 aromatic rings. The Balaban J connectivity index is 1.76. The fourth-order valence-electron chi connectivity index (χ4n) is 2.16. The van der Waals surface area contributed by atoms with Crippen molar-refractivity contribution in [2.24, 2.45) is 0 Å². The molecule has 0 radical (unpaired) electrons. The molecule has 1 aliphatic rings. The van der Waals surface area contributed by atoms with Gasteiger partial charge in [-0.3, -0.25) is 0 Å². The highest BCUT2D eigenvalue weighted by Crippen LogP contribution is 2.33. The van der Waals surface area contributed by atoms with Crippen LogP contribution in [0.15, 0.2) is 33.6 Å². The molecule has 0 amide bonds. The number of rotatable bonds is 5. The SMILES string of the molecule is CCNc1nc(CSc2ccc(Br)cc2)nc2c1CSC2. The summed E-state index contributed by atoms with van der Waals surface area (Å²) in [6, 6.07) is 8.35. The summed E-state index contributed by atoms with van der Waals surface area (Å²) in [4.78, 5) is 10.7. The number of nitrogens with one attached hydrogen (secondary N) is 1. The maximum atomic E-state index is 4.73. The number of fused-ring (bicyclic) bond motifs is 1. The molecule has 0 bridgehead atoms. The molecule has 1 aliphatic heterocycles. The lowest BCUT2D eigenvalue weighted by Gasteiger charge is -2.10. The summed E-state index contributed by atoms with van der Waals surface area (Å²) in [6.45, 7) is 3.00. The number of hydrogen-bond donors (Lipinski definition) is 1. The topological polar surface area (TPSA) is 37.8 Å². The maximum Gasteiger partial charge on any atom is 0.141 e. The zero-order valence-electron chi connectivity index (χ0n) is 11.7. The van der Waals surface area contributed by atoms with Gasteiger partial charge in [-0.2, -0.15) is 11.8 Å². The van der Waals surface area contributed by atoms with Crippen LogP contribution in [-0.4, -0.2) is 16.5 Å². The molecule has 0 spiro atoms. The van der Waals surface area contributed by atoms with E-state index >= 15 is 0 Å². The molecule has 1 aromatic heterocycles. The first-order valence-corrected chi connectivity index (χ1v) is 9.78. The lowest BCUT2D eigenvalue weighted by molar-refractivity contribution is 0.965. The summed E-state index contributed by atoms with van der Waals surface area (Å²) in [5, 5.41) is 3.37. The van der Waals surface area contributed by atoms with Gasteiger partial charge in [-0.05, 0) is 31.2 Å². The van der Waals surface area contributed by atoms with Gasteiger partial charge in [0.1, 0.15) is 11.6 Å². The second-order valence-electron chi connectivity index (χ2n) is 4.68. The largest absolute Gasteiger partial charge is 0.370 e. The van der Waals surface area contributed by atoms with Gasteiger partial charge in [-0.15, -0.1) is 11.8 Å². The number of nitrogens with zero attached hydrogens (tertiary/aromatic N) is 2. The van der Waals surface area contributed by atoms with Crippen molar-refractivity contribution in [2.75, 3.05) is 11.9 Å². The van der Waals surface area contributed by atoms with Crippen LogP contribution in [0.1, 0.15) is 24.0 Å². The summed E-state index contributed by atoms with van der Waals surface area (Å²) < 4.78 is 1.10. The molecule has 0 saturated heterocycles. The molecule has 0 unspecified atom stereocenters. The monoisotopic (exact) mass is 381 g/mol. The third-order valence-electron chi connectivity index (χ3n) is 3.15. The fraction of sp³-hybridized carbons (Fsp3) is 0.333. The van der Waals surface area contributed by atoms with Gasteiger partial charge in [0.2, 0.25) is 0 Å². The lowest BCUT2D eigenvalue weighted by Crippen LogP contribution is -2.08. The third kappa shape index (κ3) is 3.73. The summed E-state index contributed by atoms with van der Waals surface area (Å²) in [5.74, 6) is 4.78. The van der Waals surface area contributed by atoms with Crippen LogP contribution in [0.3, 0.4) is 0 Å². The van der Waals surface area contributed by atoms with Gasteiger partial charge in [-0.1, -0.05) is 15.9 Å². The Kier molecular flexibility index (Phi) is 5.08. The van der Waals surface area contributed by atoms with E-state index in [0.29, 0.717) is 0 Å². The first-order chi connectivity index (χ1) is 10.3. The Labute approximate surface area is 141 Å². The minimum Gasteiger partial charge on any atom is -0.370 e. The van der Waals surface area contributed by atoms with Gasteiger partial charge in [0.05, 0.1) is 11.4 Å². The Morgan fingerprint density at radius 1 is 1.24 bits per heavy atom. The van der Waals surface area contributed by atoms with Crippen molar-refractivity contribution >= 4 is 45.3 Å². The molecule has 3 nitrogen and oxygen atoms in total. The first-order valence-electron chi connectivity index (χ1n) is 6.85. The summed E-state index contributed by atoms with van der Waals surface area (Å²) in [6.07, 6.45) is 0. The van der Waals surface area contributed by atoms with E-state index in [9.17, 15) is 0 Å². The summed E-state index contributed by atoms with van der Waals surface area (Å²) >= 11 is 7.14. The van der Waals surface area contributed by atoms with E-state index in [1.807, 2.05) is 11.8 Å². The second-order valence-corrected chi connectivity index (χ2v) is 7.63. The molecule has 1 aromatic carbocycles. The van der Waals surface area contributed by atoms with Gasteiger partial charge in [0.15, 0.2) is 0 Å². The van der Waals surface area contributed by atoms with Crippen LogP contribution in [-0.2, 0) is 17.3 Å². The van der Waals surface area contributed by atoms with E-state index in [0.717, 1.165) is 39.9 Å². The highest BCUT2D eigenvalue weighted by atomic mass is 79.9. The van der Waals surface area contributed by atoms with Gasteiger partial charge in [0.25, 0.3) is 0 Å². The van der Waals surface area contributed by atoms with Crippen molar-refractivity contribution in [1.29, 1.82) is 0 Å². The van der Waals surface area contributed by atoms with Crippen LogP contribution < -0.4 is 5.32 Å². The Morgan fingerprint density at radius 3 is 2.81 bits per heavy atom. The predicted octanol–water partition coefficient (Wildman–Crippen LogP) is 4.71. The highest BCUT2D eigenvalue weighted by molar-refractivity contribution is 9.10. The number of aromatic nitrogens is 2. The van der Waals surface area contributed by atoms with Gasteiger partial charge >= 0.3 is 0 Å². The average molecular weight is 382 g/mol. The standard InChI is InChI=1S/C15H16BrN3S2/c1-2-17-15-12-7-20-8-13(12)18-14(19-15)9-21-11-5-3-10(16)4-6-11/h3-6H,2,7-9H2,1H3,(H,17,18,19). The Hall–Kier alpha value is -0.720. The number of hydrogen-bond acceptors (Lipinski definition) is 5. The molecule has 21 heavy (non-hydrogen) atoms. The van der Waals surface area contributed by atoms with Gasteiger partial charge < -0.3 is 5.32 Å². The fourth-order valence-corrected chi connectivity index (χ4v) is 4.22. The normalized spacial score (nSPS) is 13.2. The molecular formula is C15H16BrN3S2. The van der Waals surface area contributed by atoms with Gasteiger partial charge in [0, 0.05) is 33.0 Å². The van der Waals surface area contributed by atoms with Crippen molar-refractivity contribution in [3.63, 3.8) is 0 Å². The molecule has 0 atom stereocenters. The lowest BCUT2D eigenvalue weighted by atomic mass is 10.2. The number of anilines is 1. The molecule has 110 valence electrons. The quantitative estimate of drug-likeness (QED) is 0.758. The van der Waals surface area contributed by atoms with Crippen molar-refractivity contribution < 1.29 is 0 Å². The molecule has 0 saturated carbocycles. The first kappa shape index (κ1) is 15.2. The zero-order valence-corrected chi connectivity index (χ0v) is 14.9. The maximum absolute atomic E-state index is 4.73. The smallest absolute Gasteiger partial charge is 0.141 e. The Morgan fingerprint density at radius 2 is 2.05 bits per heavy atom. The Bertz CT molecular complexity index is 632. The minimum absolute atomic E-state index is 0.804. The van der Waals surface area contributed by atoms with Crippen LogP contribution in [0.25, 0.3) is 0 Å². The van der Waals surface area contributed by atoms with E-state index in [1.54, 1.807) is 11.8 Å². The van der Waals surface area contributed by atoms with Crippen molar-refractivity contribution in [1.82, 2.24) is 9.97 Å². The van der Waals surface area contributed by atoms with Crippen LogP contribution in [0.4, 0.5) is 5.82 Å². The summed E-state index contributed by atoms with van der Waals surface area (Å²) in [7, 11) is 0. The molecule has 6 heteroatoms. The van der Waals surface area contributed by atoms with Crippen LogP contribution in [0, 0.1) is 0 Å². The second kappa shape index (κ2) is 7.03. The molecule has 2 heterocycles. The van der Waals surface area contributed by atoms with E-state index < -0.39 is 0 Å². The zero-order chi connectivity index (χ0) is 14.7. The third-order valence-corrected chi connectivity index (χ3v) is 5.66. The molecule has 3 rings (SSSR count). The minimum atomic E-state index is 0.804. The van der Waals surface area contributed by atoms with Crippen LogP contribution in [0.5, 0.6) is 0 Å². The van der Waals surface area contributed by atoms with E-state index in [-0.39, 0.29) is 0 Å². The van der Waals surface area contributed by atoms with Gasteiger partial charge in [-0.25, -0.2) is 9.97 Å². The van der Waals surface area contributed by atoms with E-state index in [4.69, 9.17) is 9.97 Å². The highest BCUT2D eigenvalue weighted by Gasteiger charge is 2.19. The molecule has 0 aliphatic carbocycles.